The first-order chi connectivity index (χ1) is 15.3. The molecule has 5 rings (SSSR count). The smallest absolute Gasteiger partial charge is 0.323 e. The van der Waals surface area contributed by atoms with Crippen molar-refractivity contribution in [2.75, 3.05) is 5.32 Å². The minimum atomic E-state index is -0.663. The lowest BCUT2D eigenvalue weighted by molar-refractivity contribution is -0.0517. The van der Waals surface area contributed by atoms with Gasteiger partial charge >= 0.3 is 6.03 Å². The summed E-state index contributed by atoms with van der Waals surface area (Å²) in [6.45, 7) is 3.90. The number of nitrogens with one attached hydrogen (secondary N) is 1. The summed E-state index contributed by atoms with van der Waals surface area (Å²) in [7, 11) is 1.71. The largest absolute Gasteiger partial charge is 0.423 e. The molecule has 2 bridgehead atoms. The Morgan fingerprint density at radius 3 is 2.81 bits per heavy atom. The first-order valence-electron chi connectivity index (χ1n) is 10.5. The first-order valence-corrected chi connectivity index (χ1v) is 10.9. The molecule has 2 aromatic heterocycles. The number of carbonyl (C=O) groups is 1. The highest BCUT2D eigenvalue weighted by atomic mass is 35.5. The molecule has 3 heterocycles. The van der Waals surface area contributed by atoms with Crippen LogP contribution in [-0.4, -0.2) is 41.9 Å². The Hall–Kier alpha value is -3.01. The van der Waals surface area contributed by atoms with Crippen molar-refractivity contribution in [3.05, 3.63) is 41.1 Å². The molecule has 1 saturated heterocycles. The van der Waals surface area contributed by atoms with Crippen LogP contribution in [0.5, 0.6) is 0 Å². The second kappa shape index (κ2) is 7.54. The fourth-order valence-electron chi connectivity index (χ4n) is 4.98. The highest BCUT2D eigenvalue weighted by Gasteiger charge is 2.60. The number of anilines is 1. The molecule has 2 amide bonds. The molecule has 1 saturated carbocycles. The van der Waals surface area contributed by atoms with Gasteiger partial charge in [-0.05, 0) is 37.3 Å². The fraction of sp³-hybridized carbons (Fsp3) is 0.476. The van der Waals surface area contributed by atoms with E-state index in [2.05, 4.69) is 32.5 Å². The summed E-state index contributed by atoms with van der Waals surface area (Å²) in [5.74, 6) is 0.929. The molecule has 1 aliphatic heterocycles. The molecule has 3 atom stereocenters. The number of aromatic nitrogens is 5. The van der Waals surface area contributed by atoms with Gasteiger partial charge < -0.3 is 14.6 Å². The zero-order chi connectivity index (χ0) is 22.6. The maximum absolute atomic E-state index is 14.6. The minimum Gasteiger partial charge on any atom is -0.423 e. The van der Waals surface area contributed by atoms with Gasteiger partial charge in [0.15, 0.2) is 5.82 Å². The normalized spacial score (nSPS) is 24.7. The van der Waals surface area contributed by atoms with E-state index >= 15 is 0 Å². The number of rotatable bonds is 3. The van der Waals surface area contributed by atoms with Crippen molar-refractivity contribution in [3.63, 3.8) is 0 Å². The van der Waals surface area contributed by atoms with Gasteiger partial charge in [0.1, 0.15) is 17.7 Å². The van der Waals surface area contributed by atoms with E-state index in [1.165, 1.54) is 17.1 Å². The molecule has 1 aromatic carbocycles. The molecule has 2 aliphatic rings. The van der Waals surface area contributed by atoms with Gasteiger partial charge in [-0.2, -0.15) is 5.10 Å². The number of likely N-dealkylation sites (tertiary alicyclic amines) is 1. The molecule has 32 heavy (non-hydrogen) atoms. The number of carbonyl (C=O) groups excluding carboxylic acids is 1. The third kappa shape index (κ3) is 3.33. The number of aryl methyl sites for hydroxylation is 2. The maximum Gasteiger partial charge on any atom is 0.323 e. The van der Waals surface area contributed by atoms with Gasteiger partial charge in [0.25, 0.3) is 0 Å². The van der Waals surface area contributed by atoms with Gasteiger partial charge in [-0.1, -0.05) is 18.5 Å². The van der Waals surface area contributed by atoms with E-state index in [-0.39, 0.29) is 28.6 Å². The van der Waals surface area contributed by atoms with E-state index in [0.29, 0.717) is 23.3 Å². The molecule has 0 unspecified atom stereocenters. The Kier molecular flexibility index (Phi) is 4.92. The van der Waals surface area contributed by atoms with Crippen molar-refractivity contribution in [1.29, 1.82) is 0 Å². The van der Waals surface area contributed by atoms with Crippen LogP contribution in [0.3, 0.4) is 0 Å². The standard InChI is InChI=1S/C21H23ClFN7O2/c1-11-4-5-14-9-21(8-11,19-27-26-12(2)32-19)30(14)20(31)25-13-6-15(17(22)16(23)7-13)18-24-10-29(3)28-18/h6-7,10-11,14H,4-5,8-9H2,1-3H3,(H,25,31)/t11-,14-,21+/m0/s1. The summed E-state index contributed by atoms with van der Waals surface area (Å²) in [6, 6.07) is 2.49. The Labute approximate surface area is 189 Å². The maximum atomic E-state index is 14.6. The van der Waals surface area contributed by atoms with Crippen molar-refractivity contribution >= 4 is 23.3 Å². The summed E-state index contributed by atoms with van der Waals surface area (Å²) in [5, 5.41) is 15.1. The molecular weight excluding hydrogens is 437 g/mol. The van der Waals surface area contributed by atoms with Crippen LogP contribution >= 0.6 is 11.6 Å². The number of hydrogen-bond acceptors (Lipinski definition) is 6. The van der Waals surface area contributed by atoms with E-state index in [0.717, 1.165) is 25.7 Å². The average molecular weight is 460 g/mol. The number of fused-ring (bicyclic) bond motifs is 2. The quantitative estimate of drug-likeness (QED) is 0.627. The van der Waals surface area contributed by atoms with Crippen LogP contribution in [0.1, 0.15) is 44.4 Å². The first kappa shape index (κ1) is 20.9. The highest BCUT2D eigenvalue weighted by Crippen LogP contribution is 2.53. The summed E-state index contributed by atoms with van der Waals surface area (Å²) >= 11 is 6.15. The van der Waals surface area contributed by atoms with Gasteiger partial charge in [0.05, 0.1) is 5.02 Å². The van der Waals surface area contributed by atoms with Crippen molar-refractivity contribution in [2.45, 2.75) is 51.1 Å². The van der Waals surface area contributed by atoms with E-state index in [1.54, 1.807) is 24.9 Å². The van der Waals surface area contributed by atoms with Crippen LogP contribution in [0.25, 0.3) is 11.4 Å². The van der Waals surface area contributed by atoms with Gasteiger partial charge in [-0.3, -0.25) is 4.68 Å². The Balaban J connectivity index is 1.47. The summed E-state index contributed by atoms with van der Waals surface area (Å²) in [4.78, 5) is 19.4. The van der Waals surface area contributed by atoms with Crippen molar-refractivity contribution in [1.82, 2.24) is 29.9 Å². The average Bonchev–Trinajstić information content (AvgIpc) is 3.27. The van der Waals surface area contributed by atoms with Crippen molar-refractivity contribution < 1.29 is 13.6 Å². The SMILES string of the molecule is Cc1nnc([C@@]23C[C@@H](C)CC[C@@H](C2)N3C(=O)Nc2cc(F)c(Cl)c(-c3ncn(C)n3)c2)o1. The summed E-state index contributed by atoms with van der Waals surface area (Å²) in [5.41, 5.74) is -0.0743. The zero-order valence-corrected chi connectivity index (χ0v) is 18.7. The van der Waals surface area contributed by atoms with Crippen LogP contribution in [-0.2, 0) is 12.6 Å². The fourth-order valence-corrected chi connectivity index (χ4v) is 5.17. The van der Waals surface area contributed by atoms with Crippen LogP contribution in [0.15, 0.2) is 22.9 Å². The van der Waals surface area contributed by atoms with Gasteiger partial charge in [-0.15, -0.1) is 10.2 Å². The predicted octanol–water partition coefficient (Wildman–Crippen LogP) is 4.29. The second-order valence-electron chi connectivity index (χ2n) is 8.76. The monoisotopic (exact) mass is 459 g/mol. The number of hydrogen-bond donors (Lipinski definition) is 1. The van der Waals surface area contributed by atoms with Crippen molar-refractivity contribution in [2.24, 2.45) is 13.0 Å². The Morgan fingerprint density at radius 1 is 1.31 bits per heavy atom. The van der Waals surface area contributed by atoms with Crippen LogP contribution in [0.2, 0.25) is 5.02 Å². The van der Waals surface area contributed by atoms with Gasteiger partial charge in [-0.25, -0.2) is 14.2 Å². The van der Waals surface area contributed by atoms with E-state index in [4.69, 9.17) is 16.0 Å². The topological polar surface area (TPSA) is 102 Å². The van der Waals surface area contributed by atoms with Crippen molar-refractivity contribution in [3.8, 4) is 11.4 Å². The molecule has 3 aromatic rings. The number of halogens is 2. The van der Waals surface area contributed by atoms with E-state index < -0.39 is 11.4 Å². The number of urea groups is 1. The molecule has 9 nitrogen and oxygen atoms in total. The lowest BCUT2D eigenvalue weighted by Crippen LogP contribution is -2.66. The van der Waals surface area contributed by atoms with Gasteiger partial charge in [0, 0.05) is 37.7 Å². The molecule has 168 valence electrons. The zero-order valence-electron chi connectivity index (χ0n) is 18.0. The molecule has 11 heteroatoms. The Morgan fingerprint density at radius 2 is 2.12 bits per heavy atom. The minimum absolute atomic E-state index is 0.0567. The number of amides is 2. The number of nitrogens with zero attached hydrogens (tertiary/aromatic N) is 6. The third-order valence-corrected chi connectivity index (χ3v) is 6.73. The molecule has 0 radical (unpaired) electrons. The third-order valence-electron chi connectivity index (χ3n) is 6.34. The van der Waals surface area contributed by atoms with E-state index in [1.807, 2.05) is 0 Å². The van der Waals surface area contributed by atoms with Gasteiger partial charge in [0.2, 0.25) is 11.8 Å². The molecule has 2 fully saturated rings. The lowest BCUT2D eigenvalue weighted by atomic mass is 9.75. The van der Waals surface area contributed by atoms with Crippen LogP contribution in [0, 0.1) is 18.7 Å². The molecule has 1 aliphatic carbocycles. The Bertz CT molecular complexity index is 1190. The number of benzene rings is 1. The van der Waals surface area contributed by atoms with Crippen LogP contribution < -0.4 is 5.32 Å². The molecular formula is C21H23ClFN7O2. The van der Waals surface area contributed by atoms with Crippen LogP contribution in [0.4, 0.5) is 14.9 Å². The predicted molar refractivity (Wildman–Crippen MR) is 114 cm³/mol. The van der Waals surface area contributed by atoms with E-state index in [9.17, 15) is 9.18 Å². The highest BCUT2D eigenvalue weighted by molar-refractivity contribution is 6.33. The lowest BCUT2D eigenvalue weighted by Gasteiger charge is -2.55. The second-order valence-corrected chi connectivity index (χ2v) is 9.14. The summed E-state index contributed by atoms with van der Waals surface area (Å²) in [6.07, 6.45) is 4.90. The molecule has 0 spiro atoms. The summed E-state index contributed by atoms with van der Waals surface area (Å²) < 4.78 is 21.8. The molecule has 1 N–H and O–H groups in total.